The van der Waals surface area contributed by atoms with Crippen LogP contribution in [0.5, 0.6) is 0 Å². The number of aliphatic hydroxyl groups excluding tert-OH is 3. The topological polar surface area (TPSA) is 88.0 Å². The fraction of sp³-hybridized carbons (Fsp3) is 1.00. The standard InChI is InChI=1S/C6H21B24I20N3O3/c31-7-11(33)15(37)21(43)25(47)29(51-1-4-54)27(49)23(45)19(41)17(39)13(35)9-53(3-6-56)10-14(36)18(40)20(42)24(46)28(50)30(52-2-5-55)26(48)22(44)16(38)12(34)8-32/h7-10,51-52,54-56H,1-6H2. The molecule has 0 saturated heterocycles. The van der Waals surface area contributed by atoms with E-state index in [9.17, 15) is 15.3 Å². The lowest BCUT2D eigenvalue weighted by atomic mass is 8.82. The van der Waals surface area contributed by atoms with Crippen molar-refractivity contribution in [1.29, 1.82) is 0 Å². The van der Waals surface area contributed by atoms with Gasteiger partial charge in [-0.3, -0.25) is 0 Å². The fourth-order valence-electron chi connectivity index (χ4n) is 5.17. The highest BCUT2D eigenvalue weighted by atomic mass is 127. The number of nitrogens with zero attached hydrogens (tertiary/aromatic N) is 1. The summed E-state index contributed by atoms with van der Waals surface area (Å²) in [4.78, 5) is 0. The third-order valence-corrected chi connectivity index (χ3v) is 59.7. The molecule has 56 heavy (non-hydrogen) atoms. The first kappa shape index (κ1) is 71.9. The summed E-state index contributed by atoms with van der Waals surface area (Å²) in [6.45, 7) is 2.99. The van der Waals surface area contributed by atoms with Crippen LogP contribution in [0.15, 0.2) is 0 Å². The van der Waals surface area contributed by atoms with E-state index in [2.05, 4.69) is 463 Å². The van der Waals surface area contributed by atoms with Gasteiger partial charge < -0.3 is 30.5 Å². The number of halogens is 20. The summed E-state index contributed by atoms with van der Waals surface area (Å²) in [6, 6.07) is 0. The molecule has 0 bridgehead atoms. The maximum Gasteiger partial charge on any atom is 0.177 e. The van der Waals surface area contributed by atoms with Gasteiger partial charge in [-0.1, -0.05) is 0 Å². The van der Waals surface area contributed by atoms with Crippen LogP contribution in [0, 0.1) is 0 Å². The molecule has 0 unspecified atom stereocenters. The maximum absolute atomic E-state index is 10.2. The van der Waals surface area contributed by atoms with Crippen LogP contribution in [0.1, 0.15) is 0 Å². The lowest BCUT2D eigenvalue weighted by Gasteiger charge is -2.31. The number of hydrogen-bond donors (Lipinski definition) is 5. The molecule has 0 aliphatic carbocycles. The Morgan fingerprint density at radius 2 is 0.607 bits per heavy atom. The molecule has 50 heteroatoms. The van der Waals surface area contributed by atoms with Gasteiger partial charge in [0.05, 0.1) is 19.8 Å². The Labute approximate surface area is 616 Å². The van der Waals surface area contributed by atoms with Crippen molar-refractivity contribution in [3.63, 3.8) is 0 Å². The second-order valence-corrected chi connectivity index (χ2v) is 40.8. The SMILES string of the molecule is OCCNB(B(I)B(I)B(I)B(I)BI)B(I)B(I)B(I)B(I)B(I)BN(BB(I)B(I)B(I)B(I)B(I)B(NCCO)B(I)B(I)B(I)B(I)BI)CCO. The number of hydrogen-bond acceptors (Lipinski definition) is 6. The Balaban J connectivity index is 5.86. The minimum Gasteiger partial charge on any atom is -0.399 e. The molecular formula is C6H21B24I20N3O3. The first-order valence-electron chi connectivity index (χ1n) is 16.8. The van der Waals surface area contributed by atoms with Gasteiger partial charge in [0, 0.05) is 13.1 Å². The third-order valence-electron chi connectivity index (χ3n) is 8.36. The van der Waals surface area contributed by atoms with Crippen LogP contribution in [0.4, 0.5) is 0 Å². The van der Waals surface area contributed by atoms with E-state index in [-0.39, 0.29) is 19.8 Å². The van der Waals surface area contributed by atoms with Gasteiger partial charge in [-0.05, 0) is 6.54 Å². The average Bonchev–Trinajstić information content (AvgIpc) is 3.19. The van der Waals surface area contributed by atoms with Crippen LogP contribution in [0.3, 0.4) is 0 Å². The van der Waals surface area contributed by atoms with Crippen molar-refractivity contribution >= 4 is 564 Å². The second kappa shape index (κ2) is 41.9. The van der Waals surface area contributed by atoms with Gasteiger partial charge in [0.2, 0.25) is 0 Å². The predicted molar refractivity (Wildman–Crippen MR) is 468 cm³/mol. The molecule has 0 heterocycles. The summed E-state index contributed by atoms with van der Waals surface area (Å²) in [5, 5.41) is 39.6. The van der Waals surface area contributed by atoms with Crippen molar-refractivity contribution in [3.8, 4) is 0 Å². The van der Waals surface area contributed by atoms with Crippen LogP contribution >= 0.6 is 447 Å². The lowest BCUT2D eigenvalue weighted by molar-refractivity contribution is 0.284. The second-order valence-electron chi connectivity index (χ2n) is 12.5. The predicted octanol–water partition coefficient (Wildman–Crippen LogP) is 4.78. The van der Waals surface area contributed by atoms with Crippen molar-refractivity contribution in [2.45, 2.75) is 0 Å². The molecule has 0 radical (unpaired) electrons. The molecule has 0 rings (SSSR count). The zero-order chi connectivity index (χ0) is 43.6. The highest BCUT2D eigenvalue weighted by Gasteiger charge is 2.54. The van der Waals surface area contributed by atoms with Gasteiger partial charge in [0.1, 0.15) is 0 Å². The van der Waals surface area contributed by atoms with E-state index in [0.717, 1.165) is 24.7 Å². The van der Waals surface area contributed by atoms with Gasteiger partial charge in [0.25, 0.3) is 0 Å². The maximum atomic E-state index is 10.2. The third kappa shape index (κ3) is 27.0. The van der Waals surface area contributed by atoms with Crippen molar-refractivity contribution in [3.05, 3.63) is 0 Å². The van der Waals surface area contributed by atoms with E-state index >= 15 is 0 Å². The monoisotopic (exact) mass is 2990 g/mol. The Hall–Kier alpha value is 15.9. The fourth-order valence-corrected chi connectivity index (χ4v) is 33.6. The smallest absolute Gasteiger partial charge is 0.177 e. The molecule has 290 valence electrons. The lowest BCUT2D eigenvalue weighted by Crippen LogP contribution is -2.69. The molecule has 0 aromatic heterocycles. The van der Waals surface area contributed by atoms with Crippen LogP contribution in [-0.2, 0) is 0 Å². The molecule has 0 fully saturated rings. The zero-order valence-electron chi connectivity index (χ0n) is 29.0. The van der Waals surface area contributed by atoms with E-state index in [1.54, 1.807) is 0 Å². The summed E-state index contributed by atoms with van der Waals surface area (Å²) >= 11 is 53.4. The largest absolute Gasteiger partial charge is 0.399 e. The van der Waals surface area contributed by atoms with E-state index in [1.165, 1.54) is 0 Å². The van der Waals surface area contributed by atoms with Gasteiger partial charge in [-0.25, -0.2) is 0 Å². The Bertz CT molecular complexity index is 966. The van der Waals surface area contributed by atoms with Gasteiger partial charge in [0.15, 0.2) is 116 Å². The van der Waals surface area contributed by atoms with Crippen molar-refractivity contribution in [2.24, 2.45) is 0 Å². The van der Waals surface area contributed by atoms with Crippen LogP contribution in [-0.4, -0.2) is 176 Å². The normalized spacial score (nSPS) is 10.4. The van der Waals surface area contributed by atoms with Crippen LogP contribution in [0.2, 0.25) is 0 Å². The van der Waals surface area contributed by atoms with Crippen molar-refractivity contribution in [2.75, 3.05) is 39.5 Å². The summed E-state index contributed by atoms with van der Waals surface area (Å²) in [7, 11) is 1.91. The summed E-state index contributed by atoms with van der Waals surface area (Å²) in [5.74, 6) is 0. The molecule has 0 amide bonds. The molecule has 0 atom stereocenters. The van der Waals surface area contributed by atoms with Crippen molar-refractivity contribution in [1.82, 2.24) is 15.2 Å². The van der Waals surface area contributed by atoms with E-state index in [1.807, 2.05) is 0 Å². The average molecular weight is 2980 g/mol. The highest BCUT2D eigenvalue weighted by Crippen LogP contribution is 2.30. The minimum absolute atomic E-state index is 0.152. The first-order chi connectivity index (χ1) is 26.1. The zero-order valence-corrected chi connectivity index (χ0v) is 72.1. The minimum atomic E-state index is 0.152. The summed E-state index contributed by atoms with van der Waals surface area (Å²) in [6.07, 6.45) is 0. The van der Waals surface area contributed by atoms with Crippen LogP contribution in [0.25, 0.3) is 0 Å². The Kier molecular flexibility index (Phi) is 53.9. The molecule has 0 aromatic carbocycles. The summed E-state index contributed by atoms with van der Waals surface area (Å²) < 4.78 is 11.2. The number of nitrogens with one attached hydrogen (secondary N) is 2. The number of rotatable bonds is 32. The molecule has 5 N–H and O–H groups in total. The van der Waals surface area contributed by atoms with E-state index in [4.69, 9.17) is 0 Å². The van der Waals surface area contributed by atoms with Crippen LogP contribution < -0.4 is 10.5 Å². The number of aliphatic hydroxyl groups is 3. The molecule has 6 nitrogen and oxygen atoms in total. The van der Waals surface area contributed by atoms with E-state index < -0.39 is 0 Å². The molecule has 0 aliphatic heterocycles. The molecular weight excluding hydrogens is 2960 g/mol. The van der Waals surface area contributed by atoms with Gasteiger partial charge >= 0.3 is 0 Å². The van der Waals surface area contributed by atoms with Gasteiger partial charge in [-0.2, -0.15) is 447 Å². The highest BCUT2D eigenvalue weighted by molar-refractivity contribution is 14.2. The molecule has 0 saturated carbocycles. The first-order valence-corrected chi connectivity index (χ1v) is 42.2. The molecule has 0 spiro atoms. The quantitative estimate of drug-likeness (QED) is 0.0494. The summed E-state index contributed by atoms with van der Waals surface area (Å²) in [5.41, 5.74) is 0. The molecule has 0 aliphatic rings. The Morgan fingerprint density at radius 3 is 0.857 bits per heavy atom. The van der Waals surface area contributed by atoms with E-state index in [0.29, 0.717) is 111 Å². The molecule has 0 aromatic rings. The Morgan fingerprint density at radius 1 is 0.357 bits per heavy atom. The van der Waals surface area contributed by atoms with Crippen molar-refractivity contribution < 1.29 is 15.3 Å². The van der Waals surface area contributed by atoms with Gasteiger partial charge in [-0.15, -0.1) is 0 Å².